The smallest absolute Gasteiger partial charge is 0.349 e. The second-order valence-electron chi connectivity index (χ2n) is 5.92. The summed E-state index contributed by atoms with van der Waals surface area (Å²) >= 11 is 5.83. The lowest BCUT2D eigenvalue weighted by atomic mass is 10.2. The molecule has 0 unspecified atom stereocenters. The highest BCUT2D eigenvalue weighted by atomic mass is 35.5. The molecule has 0 radical (unpaired) electrons. The fourth-order valence-corrected chi connectivity index (χ4v) is 2.51. The summed E-state index contributed by atoms with van der Waals surface area (Å²) in [4.78, 5) is 24.2. The highest BCUT2D eigenvalue weighted by Gasteiger charge is 2.09. The monoisotopic (exact) mass is 411 g/mol. The van der Waals surface area contributed by atoms with Crippen LogP contribution in [-0.2, 0) is 4.79 Å². The van der Waals surface area contributed by atoms with Crippen LogP contribution in [0.15, 0.2) is 72.8 Å². The highest BCUT2D eigenvalue weighted by molar-refractivity contribution is 6.30. The van der Waals surface area contributed by atoms with Crippen molar-refractivity contribution in [3.8, 4) is 17.2 Å². The van der Waals surface area contributed by atoms with Crippen molar-refractivity contribution >= 4 is 29.2 Å². The Kier molecular flexibility index (Phi) is 6.71. The number of amides is 1. The maximum absolute atomic E-state index is 12.3. The maximum Gasteiger partial charge on any atom is 0.349 e. The van der Waals surface area contributed by atoms with Crippen LogP contribution in [0.1, 0.15) is 10.4 Å². The molecule has 0 bridgehead atoms. The molecule has 0 spiro atoms. The van der Waals surface area contributed by atoms with E-state index in [2.05, 4.69) is 5.32 Å². The molecule has 1 N–H and O–H groups in total. The zero-order valence-electron chi connectivity index (χ0n) is 15.6. The normalized spacial score (nSPS) is 10.1. The van der Waals surface area contributed by atoms with Crippen molar-refractivity contribution in [2.24, 2.45) is 0 Å². The van der Waals surface area contributed by atoms with Gasteiger partial charge in [-0.25, -0.2) is 4.79 Å². The molecule has 7 heteroatoms. The SMILES string of the molecule is COc1ccc(OCC(=O)Oc2ccc(C(=O)Nc3ccc(Cl)cc3)cc2)cc1. The number of esters is 1. The minimum atomic E-state index is -0.556. The van der Waals surface area contributed by atoms with E-state index in [1.807, 2.05) is 0 Å². The molecular formula is C22H18ClNO5. The number of ether oxygens (including phenoxy) is 3. The van der Waals surface area contributed by atoms with Crippen LogP contribution < -0.4 is 19.5 Å². The van der Waals surface area contributed by atoms with Crippen LogP contribution in [0.25, 0.3) is 0 Å². The summed E-state index contributed by atoms with van der Waals surface area (Å²) in [7, 11) is 1.57. The van der Waals surface area contributed by atoms with Crippen molar-refractivity contribution in [1.29, 1.82) is 0 Å². The zero-order valence-corrected chi connectivity index (χ0v) is 16.3. The standard InChI is InChI=1S/C22H18ClNO5/c1-27-18-10-12-19(13-11-18)28-14-21(25)29-20-8-2-15(3-9-20)22(26)24-17-6-4-16(23)5-7-17/h2-13H,14H2,1H3,(H,24,26). The number of nitrogens with one attached hydrogen (secondary N) is 1. The first-order valence-electron chi connectivity index (χ1n) is 8.68. The van der Waals surface area contributed by atoms with E-state index < -0.39 is 5.97 Å². The lowest BCUT2D eigenvalue weighted by Gasteiger charge is -2.08. The molecule has 0 aliphatic rings. The average molecular weight is 412 g/mol. The maximum atomic E-state index is 12.3. The molecule has 148 valence electrons. The summed E-state index contributed by atoms with van der Waals surface area (Å²) in [5, 5.41) is 3.35. The topological polar surface area (TPSA) is 73.9 Å². The second-order valence-corrected chi connectivity index (χ2v) is 6.36. The first kappa shape index (κ1) is 20.2. The first-order chi connectivity index (χ1) is 14.0. The van der Waals surface area contributed by atoms with Gasteiger partial charge in [0.1, 0.15) is 17.2 Å². The molecule has 29 heavy (non-hydrogen) atoms. The number of rotatable bonds is 7. The molecule has 0 aliphatic heterocycles. The molecule has 0 aromatic heterocycles. The largest absolute Gasteiger partial charge is 0.497 e. The fourth-order valence-electron chi connectivity index (χ4n) is 2.39. The molecule has 0 atom stereocenters. The van der Waals surface area contributed by atoms with Crippen LogP contribution in [0.2, 0.25) is 5.02 Å². The van der Waals surface area contributed by atoms with E-state index >= 15 is 0 Å². The van der Waals surface area contributed by atoms with E-state index in [0.717, 1.165) is 0 Å². The molecule has 0 aliphatic carbocycles. The van der Waals surface area contributed by atoms with E-state index in [0.29, 0.717) is 33.5 Å². The molecule has 3 aromatic rings. The minimum Gasteiger partial charge on any atom is -0.497 e. The van der Waals surface area contributed by atoms with Gasteiger partial charge >= 0.3 is 5.97 Å². The number of benzene rings is 3. The third-order valence-electron chi connectivity index (χ3n) is 3.87. The van der Waals surface area contributed by atoms with Crippen molar-refractivity contribution < 1.29 is 23.8 Å². The summed E-state index contributed by atoms with van der Waals surface area (Å²) in [6, 6.07) is 19.9. The van der Waals surface area contributed by atoms with Gasteiger partial charge < -0.3 is 19.5 Å². The average Bonchev–Trinajstić information content (AvgIpc) is 2.75. The molecule has 1 amide bonds. The predicted molar refractivity (Wildman–Crippen MR) is 110 cm³/mol. The highest BCUT2D eigenvalue weighted by Crippen LogP contribution is 2.18. The Balaban J connectivity index is 1.50. The fraction of sp³-hybridized carbons (Fsp3) is 0.0909. The Morgan fingerprint density at radius 2 is 1.41 bits per heavy atom. The van der Waals surface area contributed by atoms with Crippen LogP contribution in [0.5, 0.6) is 17.2 Å². The van der Waals surface area contributed by atoms with Gasteiger partial charge in [0.25, 0.3) is 5.91 Å². The van der Waals surface area contributed by atoms with Crippen LogP contribution in [-0.4, -0.2) is 25.6 Å². The molecule has 3 rings (SSSR count). The van der Waals surface area contributed by atoms with Crippen LogP contribution in [0.3, 0.4) is 0 Å². The number of carbonyl (C=O) groups excluding carboxylic acids is 2. The van der Waals surface area contributed by atoms with Crippen molar-refractivity contribution in [1.82, 2.24) is 0 Å². The summed E-state index contributed by atoms with van der Waals surface area (Å²) < 4.78 is 15.6. The summed E-state index contributed by atoms with van der Waals surface area (Å²) in [5.74, 6) is 0.695. The molecule has 0 saturated carbocycles. The van der Waals surface area contributed by atoms with Crippen molar-refractivity contribution in [3.05, 3.63) is 83.4 Å². The lowest BCUT2D eigenvalue weighted by Crippen LogP contribution is -2.18. The number of hydrogen-bond acceptors (Lipinski definition) is 5. The van der Waals surface area contributed by atoms with Gasteiger partial charge in [-0.05, 0) is 72.8 Å². The Labute approximate surface area is 173 Å². The third kappa shape index (κ3) is 5.99. The second kappa shape index (κ2) is 9.61. The molecule has 3 aromatic carbocycles. The summed E-state index contributed by atoms with van der Waals surface area (Å²) in [5.41, 5.74) is 1.06. The van der Waals surface area contributed by atoms with E-state index in [9.17, 15) is 9.59 Å². The Morgan fingerprint density at radius 1 is 0.828 bits per heavy atom. The first-order valence-corrected chi connectivity index (χ1v) is 9.06. The van der Waals surface area contributed by atoms with E-state index in [1.165, 1.54) is 0 Å². The van der Waals surface area contributed by atoms with Gasteiger partial charge in [-0.15, -0.1) is 0 Å². The van der Waals surface area contributed by atoms with Crippen molar-refractivity contribution in [3.63, 3.8) is 0 Å². The molecule has 0 fully saturated rings. The van der Waals surface area contributed by atoms with E-state index in [1.54, 1.807) is 79.9 Å². The molecule has 6 nitrogen and oxygen atoms in total. The molecule has 0 heterocycles. The van der Waals surface area contributed by atoms with Gasteiger partial charge in [-0.1, -0.05) is 11.6 Å². The number of carbonyl (C=O) groups is 2. The van der Waals surface area contributed by atoms with Gasteiger partial charge in [-0.3, -0.25) is 4.79 Å². The number of halogens is 1. The van der Waals surface area contributed by atoms with Gasteiger partial charge in [0, 0.05) is 16.3 Å². The van der Waals surface area contributed by atoms with Gasteiger partial charge in [-0.2, -0.15) is 0 Å². The molecular weight excluding hydrogens is 394 g/mol. The number of anilines is 1. The predicted octanol–water partition coefficient (Wildman–Crippen LogP) is 4.59. The van der Waals surface area contributed by atoms with E-state index in [-0.39, 0.29) is 12.5 Å². The zero-order chi connectivity index (χ0) is 20.6. The number of hydrogen-bond donors (Lipinski definition) is 1. The summed E-state index contributed by atoms with van der Waals surface area (Å²) in [6.07, 6.45) is 0. The van der Waals surface area contributed by atoms with Crippen LogP contribution in [0.4, 0.5) is 5.69 Å². The summed E-state index contributed by atoms with van der Waals surface area (Å²) in [6.45, 7) is -0.245. The lowest BCUT2D eigenvalue weighted by molar-refractivity contribution is -0.136. The Hall–Kier alpha value is -3.51. The van der Waals surface area contributed by atoms with E-state index in [4.69, 9.17) is 25.8 Å². The molecule has 0 saturated heterocycles. The Morgan fingerprint density at radius 3 is 2.03 bits per heavy atom. The van der Waals surface area contributed by atoms with Gasteiger partial charge in [0.05, 0.1) is 7.11 Å². The van der Waals surface area contributed by atoms with Crippen LogP contribution in [0, 0.1) is 0 Å². The Bertz CT molecular complexity index is 970. The van der Waals surface area contributed by atoms with Crippen LogP contribution >= 0.6 is 11.6 Å². The van der Waals surface area contributed by atoms with Crippen molar-refractivity contribution in [2.45, 2.75) is 0 Å². The van der Waals surface area contributed by atoms with Gasteiger partial charge in [0.15, 0.2) is 6.61 Å². The quantitative estimate of drug-likeness (QED) is 0.455. The minimum absolute atomic E-state index is 0.245. The van der Waals surface area contributed by atoms with Gasteiger partial charge in [0.2, 0.25) is 0 Å². The third-order valence-corrected chi connectivity index (χ3v) is 4.12. The number of methoxy groups -OCH3 is 1. The van der Waals surface area contributed by atoms with Crippen molar-refractivity contribution in [2.75, 3.05) is 19.0 Å².